The van der Waals surface area contributed by atoms with Crippen LogP contribution in [0.4, 0.5) is 10.3 Å². The van der Waals surface area contributed by atoms with Crippen LogP contribution in [0.25, 0.3) is 27.9 Å². The lowest BCUT2D eigenvalue weighted by Crippen LogP contribution is -2.38. The molecule has 0 bridgehead atoms. The van der Waals surface area contributed by atoms with Crippen LogP contribution < -0.4 is 10.6 Å². The first-order valence-corrected chi connectivity index (χ1v) is 10.5. The van der Waals surface area contributed by atoms with Crippen LogP contribution in [0.15, 0.2) is 46.9 Å². The van der Waals surface area contributed by atoms with Gasteiger partial charge in [-0.3, -0.25) is 4.79 Å². The molecule has 1 saturated heterocycles. The van der Waals surface area contributed by atoms with Crippen molar-refractivity contribution in [1.82, 2.24) is 24.9 Å². The van der Waals surface area contributed by atoms with E-state index in [9.17, 15) is 9.18 Å². The minimum Gasteiger partial charge on any atom is -0.354 e. The van der Waals surface area contributed by atoms with E-state index in [-0.39, 0.29) is 11.7 Å². The van der Waals surface area contributed by atoms with Gasteiger partial charge in [-0.2, -0.15) is 4.52 Å². The molecule has 2 N–H and O–H groups in total. The van der Waals surface area contributed by atoms with E-state index in [1.54, 1.807) is 16.6 Å². The zero-order chi connectivity index (χ0) is 20.7. The number of fused-ring (bicyclic) bond motifs is 3. The van der Waals surface area contributed by atoms with Gasteiger partial charge in [-0.25, -0.2) is 14.4 Å². The molecule has 0 saturated carbocycles. The number of anilines is 1. The van der Waals surface area contributed by atoms with Crippen LogP contribution in [-0.4, -0.2) is 38.1 Å². The van der Waals surface area contributed by atoms with E-state index in [0.717, 1.165) is 28.2 Å². The summed E-state index contributed by atoms with van der Waals surface area (Å²) >= 11 is 3.56. The van der Waals surface area contributed by atoms with Gasteiger partial charge in [0.2, 0.25) is 11.9 Å². The van der Waals surface area contributed by atoms with Gasteiger partial charge in [0, 0.05) is 22.0 Å². The van der Waals surface area contributed by atoms with Crippen LogP contribution in [0.3, 0.4) is 0 Å². The Morgan fingerprint density at radius 2 is 1.97 bits per heavy atom. The van der Waals surface area contributed by atoms with Crippen molar-refractivity contribution >= 4 is 44.3 Å². The highest BCUT2D eigenvalue weighted by Crippen LogP contribution is 2.29. The van der Waals surface area contributed by atoms with Crippen molar-refractivity contribution in [3.63, 3.8) is 0 Å². The van der Waals surface area contributed by atoms with Gasteiger partial charge in [-0.15, -0.1) is 5.10 Å². The maximum absolute atomic E-state index is 13.3. The summed E-state index contributed by atoms with van der Waals surface area (Å²) < 4.78 is 15.8. The van der Waals surface area contributed by atoms with Crippen molar-refractivity contribution in [2.75, 3.05) is 11.9 Å². The Kier molecular flexibility index (Phi) is 4.82. The van der Waals surface area contributed by atoms with Crippen LogP contribution in [-0.2, 0) is 4.79 Å². The van der Waals surface area contributed by atoms with Gasteiger partial charge in [0.05, 0.1) is 5.52 Å². The SMILES string of the molecule is O=C1NCCCC[C@@H]1Nc1nc2c(Br)cccc2c2nc(-c3ccc(F)cc3)nn12. The summed E-state index contributed by atoms with van der Waals surface area (Å²) in [4.78, 5) is 21.9. The Labute approximate surface area is 179 Å². The highest BCUT2D eigenvalue weighted by Gasteiger charge is 2.23. The second-order valence-electron chi connectivity index (χ2n) is 7.23. The Bertz CT molecular complexity index is 1260. The first-order valence-electron chi connectivity index (χ1n) is 9.75. The number of nitrogens with zero attached hydrogens (tertiary/aromatic N) is 4. The largest absolute Gasteiger partial charge is 0.354 e. The number of hydrogen-bond acceptors (Lipinski definition) is 5. The molecular formula is C21H18BrFN6O. The third-order valence-corrected chi connectivity index (χ3v) is 5.83. The predicted molar refractivity (Wildman–Crippen MR) is 116 cm³/mol. The number of carbonyl (C=O) groups excluding carboxylic acids is 1. The maximum atomic E-state index is 13.3. The van der Waals surface area contributed by atoms with Crippen molar-refractivity contribution in [3.05, 3.63) is 52.8 Å². The second-order valence-corrected chi connectivity index (χ2v) is 8.09. The molecule has 2 aromatic heterocycles. The predicted octanol–water partition coefficient (Wildman–Crippen LogP) is 3.93. The van der Waals surface area contributed by atoms with E-state index < -0.39 is 6.04 Å². The van der Waals surface area contributed by atoms with E-state index in [4.69, 9.17) is 9.97 Å². The van der Waals surface area contributed by atoms with E-state index in [0.29, 0.717) is 35.9 Å². The highest BCUT2D eigenvalue weighted by atomic mass is 79.9. The molecule has 1 aliphatic rings. The average Bonchev–Trinajstić information content (AvgIpc) is 3.10. The topological polar surface area (TPSA) is 84.2 Å². The van der Waals surface area contributed by atoms with Gasteiger partial charge in [-0.05, 0) is 71.6 Å². The number of benzene rings is 2. The van der Waals surface area contributed by atoms with Crippen LogP contribution in [0, 0.1) is 5.82 Å². The van der Waals surface area contributed by atoms with Gasteiger partial charge in [-0.1, -0.05) is 6.07 Å². The fourth-order valence-electron chi connectivity index (χ4n) is 3.64. The zero-order valence-electron chi connectivity index (χ0n) is 15.9. The summed E-state index contributed by atoms with van der Waals surface area (Å²) in [6.07, 6.45) is 2.60. The molecule has 2 aromatic carbocycles. The minimum atomic E-state index is -0.401. The third kappa shape index (κ3) is 3.39. The molecule has 1 aliphatic heterocycles. The van der Waals surface area contributed by atoms with Gasteiger partial charge < -0.3 is 10.6 Å². The number of halogens is 2. The smallest absolute Gasteiger partial charge is 0.242 e. The first kappa shape index (κ1) is 18.9. The lowest BCUT2D eigenvalue weighted by Gasteiger charge is -2.17. The van der Waals surface area contributed by atoms with Crippen molar-refractivity contribution < 1.29 is 9.18 Å². The normalized spacial score (nSPS) is 17.1. The van der Waals surface area contributed by atoms with Crippen molar-refractivity contribution in [2.24, 2.45) is 0 Å². The number of rotatable bonds is 3. The number of nitrogens with one attached hydrogen (secondary N) is 2. The molecular weight excluding hydrogens is 451 g/mol. The zero-order valence-corrected chi connectivity index (χ0v) is 17.5. The number of hydrogen-bond donors (Lipinski definition) is 2. The van der Waals surface area contributed by atoms with E-state index in [1.165, 1.54) is 12.1 Å². The summed E-state index contributed by atoms with van der Waals surface area (Å²) in [5.41, 5.74) is 2.03. The summed E-state index contributed by atoms with van der Waals surface area (Å²) in [5, 5.41) is 11.6. The van der Waals surface area contributed by atoms with Crippen LogP contribution in [0.5, 0.6) is 0 Å². The molecule has 1 amide bonds. The number of para-hydroxylation sites is 1. The Morgan fingerprint density at radius 3 is 2.80 bits per heavy atom. The number of amides is 1. The second kappa shape index (κ2) is 7.64. The maximum Gasteiger partial charge on any atom is 0.242 e. The lowest BCUT2D eigenvalue weighted by atomic mass is 10.1. The molecule has 9 heteroatoms. The van der Waals surface area contributed by atoms with Crippen LogP contribution in [0.1, 0.15) is 19.3 Å². The molecule has 5 rings (SSSR count). The Balaban J connectivity index is 1.68. The molecule has 3 heterocycles. The quantitative estimate of drug-likeness (QED) is 0.475. The first-order chi connectivity index (χ1) is 14.6. The molecule has 0 spiro atoms. The number of aromatic nitrogens is 4. The molecule has 0 aliphatic carbocycles. The monoisotopic (exact) mass is 468 g/mol. The molecule has 7 nitrogen and oxygen atoms in total. The minimum absolute atomic E-state index is 0.0476. The fraction of sp³-hybridized carbons (Fsp3) is 0.238. The van der Waals surface area contributed by atoms with Crippen molar-refractivity contribution in [3.8, 4) is 11.4 Å². The van der Waals surface area contributed by atoms with E-state index in [2.05, 4.69) is 31.7 Å². The summed E-state index contributed by atoms with van der Waals surface area (Å²) in [7, 11) is 0. The van der Waals surface area contributed by atoms with Gasteiger partial charge in [0.1, 0.15) is 11.9 Å². The lowest BCUT2D eigenvalue weighted by molar-refractivity contribution is -0.121. The van der Waals surface area contributed by atoms with Gasteiger partial charge in [0.15, 0.2) is 11.5 Å². The molecule has 152 valence electrons. The fourth-order valence-corrected chi connectivity index (χ4v) is 4.10. The summed E-state index contributed by atoms with van der Waals surface area (Å²) in [5.74, 6) is 0.527. The van der Waals surface area contributed by atoms with Gasteiger partial charge >= 0.3 is 0 Å². The van der Waals surface area contributed by atoms with E-state index in [1.807, 2.05) is 18.2 Å². The van der Waals surface area contributed by atoms with Crippen LogP contribution >= 0.6 is 15.9 Å². The van der Waals surface area contributed by atoms with E-state index >= 15 is 0 Å². The average molecular weight is 469 g/mol. The molecule has 0 unspecified atom stereocenters. The molecule has 30 heavy (non-hydrogen) atoms. The molecule has 1 fully saturated rings. The van der Waals surface area contributed by atoms with Crippen molar-refractivity contribution in [1.29, 1.82) is 0 Å². The van der Waals surface area contributed by atoms with Crippen LogP contribution in [0.2, 0.25) is 0 Å². The van der Waals surface area contributed by atoms with Gasteiger partial charge in [0.25, 0.3) is 0 Å². The summed E-state index contributed by atoms with van der Waals surface area (Å²) in [6, 6.07) is 11.4. The highest BCUT2D eigenvalue weighted by molar-refractivity contribution is 9.10. The third-order valence-electron chi connectivity index (χ3n) is 5.19. The molecule has 4 aromatic rings. The Morgan fingerprint density at radius 1 is 1.13 bits per heavy atom. The van der Waals surface area contributed by atoms with Crippen molar-refractivity contribution in [2.45, 2.75) is 25.3 Å². The molecule has 1 atom stereocenters. The standard InChI is InChI=1S/C21H18BrFN6O/c22-15-5-3-4-14-17(15)26-21(25-16-6-1-2-11-24-20(16)30)29-19(14)27-18(28-29)12-7-9-13(23)10-8-12/h3-5,7-10,16H,1-2,6,11H2,(H,24,30)(H,25,26)/t16-/m0/s1. The molecule has 0 radical (unpaired) electrons. The Hall–Kier alpha value is -3.07. The number of carbonyl (C=O) groups is 1. The summed E-state index contributed by atoms with van der Waals surface area (Å²) in [6.45, 7) is 0.682.